The molecule has 0 aliphatic heterocycles. The molecule has 0 bridgehead atoms. The maximum atomic E-state index is 12.1. The number of hydrogen-bond acceptors (Lipinski definition) is 2. The van der Waals surface area contributed by atoms with Crippen LogP contribution < -0.4 is 10.1 Å². The van der Waals surface area contributed by atoms with Gasteiger partial charge in [0.2, 0.25) is 5.91 Å². The van der Waals surface area contributed by atoms with Crippen molar-refractivity contribution in [1.82, 2.24) is 0 Å². The summed E-state index contributed by atoms with van der Waals surface area (Å²) in [6.45, 7) is 2.22. The van der Waals surface area contributed by atoms with Gasteiger partial charge in [0.15, 0.2) is 6.61 Å². The summed E-state index contributed by atoms with van der Waals surface area (Å²) < 4.78 is 41.0. The summed E-state index contributed by atoms with van der Waals surface area (Å²) in [7, 11) is 0. The molecule has 1 aromatic rings. The minimum atomic E-state index is -4.41. The topological polar surface area (TPSA) is 38.3 Å². The fraction of sp³-hybridized carbons (Fsp3) is 0.462. The Hall–Kier alpha value is -1.72. The van der Waals surface area contributed by atoms with Crippen LogP contribution in [0.4, 0.5) is 18.9 Å². The van der Waals surface area contributed by atoms with Gasteiger partial charge in [-0.25, -0.2) is 0 Å². The first-order chi connectivity index (χ1) is 8.83. The number of carbonyl (C=O) groups is 1. The van der Waals surface area contributed by atoms with E-state index in [1.54, 1.807) is 19.1 Å². The van der Waals surface area contributed by atoms with Crippen molar-refractivity contribution in [1.29, 1.82) is 0 Å². The Morgan fingerprint density at radius 3 is 2.58 bits per heavy atom. The number of anilines is 1. The zero-order valence-electron chi connectivity index (χ0n) is 10.8. The first-order valence-electron chi connectivity index (χ1n) is 5.93. The summed E-state index contributed by atoms with van der Waals surface area (Å²) in [6.07, 6.45) is -3.76. The van der Waals surface area contributed by atoms with Crippen LogP contribution in [0.2, 0.25) is 0 Å². The van der Waals surface area contributed by atoms with E-state index in [1.165, 1.54) is 12.1 Å². The van der Waals surface area contributed by atoms with E-state index in [0.29, 0.717) is 6.42 Å². The van der Waals surface area contributed by atoms with Crippen molar-refractivity contribution >= 4 is 11.6 Å². The number of rotatable bonds is 5. The Morgan fingerprint density at radius 2 is 2.00 bits per heavy atom. The average molecular weight is 275 g/mol. The molecule has 1 aromatic carbocycles. The number of amides is 1. The van der Waals surface area contributed by atoms with Crippen LogP contribution in [0.5, 0.6) is 5.75 Å². The molecular weight excluding hydrogens is 259 g/mol. The minimum Gasteiger partial charge on any atom is -0.482 e. The summed E-state index contributed by atoms with van der Waals surface area (Å²) >= 11 is 0. The number of carbonyl (C=O) groups excluding carboxylic acids is 1. The van der Waals surface area contributed by atoms with Gasteiger partial charge in [-0.1, -0.05) is 26.0 Å². The van der Waals surface area contributed by atoms with Crippen LogP contribution in [-0.4, -0.2) is 18.7 Å². The molecule has 1 rings (SSSR count). The Labute approximate surface area is 109 Å². The molecule has 0 aliphatic rings. The highest BCUT2D eigenvalue weighted by Gasteiger charge is 2.29. The zero-order valence-corrected chi connectivity index (χ0v) is 10.8. The van der Waals surface area contributed by atoms with Gasteiger partial charge in [-0.05, 0) is 18.6 Å². The summed E-state index contributed by atoms with van der Waals surface area (Å²) in [5.41, 5.74) is 0.247. The van der Waals surface area contributed by atoms with Crippen molar-refractivity contribution in [3.8, 4) is 5.75 Å². The third-order valence-corrected chi connectivity index (χ3v) is 2.60. The van der Waals surface area contributed by atoms with E-state index in [2.05, 4.69) is 10.1 Å². The van der Waals surface area contributed by atoms with Gasteiger partial charge in [-0.3, -0.25) is 4.79 Å². The second-order valence-corrected chi connectivity index (χ2v) is 4.20. The van der Waals surface area contributed by atoms with Crippen molar-refractivity contribution in [3.05, 3.63) is 24.3 Å². The fourth-order valence-electron chi connectivity index (χ4n) is 1.30. The lowest BCUT2D eigenvalue weighted by atomic mass is 10.1. The third kappa shape index (κ3) is 5.19. The maximum Gasteiger partial charge on any atom is 0.422 e. The van der Waals surface area contributed by atoms with Crippen molar-refractivity contribution in [2.75, 3.05) is 11.9 Å². The highest BCUT2D eigenvalue weighted by molar-refractivity contribution is 5.93. The van der Waals surface area contributed by atoms with E-state index in [4.69, 9.17) is 0 Å². The van der Waals surface area contributed by atoms with Crippen LogP contribution in [0, 0.1) is 5.92 Å². The number of benzene rings is 1. The second kappa shape index (κ2) is 6.45. The lowest BCUT2D eigenvalue weighted by molar-refractivity contribution is -0.153. The van der Waals surface area contributed by atoms with Crippen LogP contribution in [0.25, 0.3) is 0 Å². The van der Waals surface area contributed by atoms with Gasteiger partial charge in [0.1, 0.15) is 5.75 Å². The molecule has 106 valence electrons. The predicted molar refractivity (Wildman–Crippen MR) is 66.1 cm³/mol. The van der Waals surface area contributed by atoms with Crippen LogP contribution in [-0.2, 0) is 4.79 Å². The lowest BCUT2D eigenvalue weighted by Gasteiger charge is -2.15. The molecule has 0 saturated carbocycles. The van der Waals surface area contributed by atoms with E-state index in [1.807, 2.05) is 6.92 Å². The van der Waals surface area contributed by atoms with Crippen molar-refractivity contribution < 1.29 is 22.7 Å². The van der Waals surface area contributed by atoms with Gasteiger partial charge >= 0.3 is 6.18 Å². The number of alkyl halides is 3. The molecule has 0 saturated heterocycles. The van der Waals surface area contributed by atoms with Gasteiger partial charge in [-0.15, -0.1) is 0 Å². The predicted octanol–water partition coefficient (Wildman–Crippen LogP) is 3.61. The number of hydrogen-bond donors (Lipinski definition) is 1. The van der Waals surface area contributed by atoms with Crippen LogP contribution in [0.1, 0.15) is 20.3 Å². The normalized spacial score (nSPS) is 12.9. The summed E-state index contributed by atoms with van der Waals surface area (Å²) in [5, 5.41) is 2.57. The summed E-state index contributed by atoms with van der Waals surface area (Å²) in [5.74, 6) is -0.447. The number of para-hydroxylation sites is 2. The van der Waals surface area contributed by atoms with E-state index < -0.39 is 12.8 Å². The highest BCUT2D eigenvalue weighted by atomic mass is 19.4. The van der Waals surface area contributed by atoms with E-state index >= 15 is 0 Å². The molecule has 1 unspecified atom stereocenters. The SMILES string of the molecule is CCC(C)C(=O)Nc1ccccc1OCC(F)(F)F. The van der Waals surface area contributed by atoms with Gasteiger partial charge in [0, 0.05) is 5.92 Å². The quantitative estimate of drug-likeness (QED) is 0.891. The second-order valence-electron chi connectivity index (χ2n) is 4.20. The number of ether oxygens (including phenoxy) is 1. The molecule has 0 aromatic heterocycles. The monoisotopic (exact) mass is 275 g/mol. The number of halogens is 3. The van der Waals surface area contributed by atoms with Crippen molar-refractivity contribution in [3.63, 3.8) is 0 Å². The molecule has 3 nitrogen and oxygen atoms in total. The Bertz CT molecular complexity index is 432. The molecular formula is C13H16F3NO2. The standard InChI is InChI=1S/C13H16F3NO2/c1-3-9(2)12(18)17-10-6-4-5-7-11(10)19-8-13(14,15)16/h4-7,9H,3,8H2,1-2H3,(H,17,18). The molecule has 19 heavy (non-hydrogen) atoms. The van der Waals surface area contributed by atoms with Gasteiger partial charge in [0.25, 0.3) is 0 Å². The van der Waals surface area contributed by atoms with E-state index in [0.717, 1.165) is 0 Å². The third-order valence-electron chi connectivity index (χ3n) is 2.60. The van der Waals surface area contributed by atoms with Crippen LogP contribution in [0.15, 0.2) is 24.3 Å². The van der Waals surface area contributed by atoms with Gasteiger partial charge in [-0.2, -0.15) is 13.2 Å². The largest absolute Gasteiger partial charge is 0.482 e. The molecule has 0 aliphatic carbocycles. The van der Waals surface area contributed by atoms with Crippen molar-refractivity contribution in [2.24, 2.45) is 5.92 Å². The Morgan fingerprint density at radius 1 is 1.37 bits per heavy atom. The molecule has 1 amide bonds. The molecule has 0 fully saturated rings. The molecule has 6 heteroatoms. The first-order valence-corrected chi connectivity index (χ1v) is 5.93. The first kappa shape index (κ1) is 15.3. The molecule has 1 atom stereocenters. The summed E-state index contributed by atoms with van der Waals surface area (Å²) in [6, 6.07) is 6.06. The van der Waals surface area contributed by atoms with Gasteiger partial charge < -0.3 is 10.1 Å². The van der Waals surface area contributed by atoms with Gasteiger partial charge in [0.05, 0.1) is 5.69 Å². The molecule has 1 N–H and O–H groups in total. The smallest absolute Gasteiger partial charge is 0.422 e. The fourth-order valence-corrected chi connectivity index (χ4v) is 1.30. The minimum absolute atomic E-state index is 0.0106. The molecule has 0 radical (unpaired) electrons. The number of nitrogens with one attached hydrogen (secondary N) is 1. The zero-order chi connectivity index (χ0) is 14.5. The maximum absolute atomic E-state index is 12.1. The highest BCUT2D eigenvalue weighted by Crippen LogP contribution is 2.26. The van der Waals surface area contributed by atoms with Crippen LogP contribution in [0.3, 0.4) is 0 Å². The van der Waals surface area contributed by atoms with Crippen molar-refractivity contribution in [2.45, 2.75) is 26.4 Å². The molecule has 0 spiro atoms. The molecule has 0 heterocycles. The summed E-state index contributed by atoms with van der Waals surface area (Å²) in [4.78, 5) is 11.7. The van der Waals surface area contributed by atoms with Crippen LogP contribution >= 0.6 is 0 Å². The Kier molecular flexibility index (Phi) is 5.20. The average Bonchev–Trinajstić information content (AvgIpc) is 2.35. The van der Waals surface area contributed by atoms with E-state index in [-0.39, 0.29) is 23.3 Å². The Balaban J connectivity index is 2.76. The van der Waals surface area contributed by atoms with E-state index in [9.17, 15) is 18.0 Å². The lowest BCUT2D eigenvalue weighted by Crippen LogP contribution is -2.22.